The van der Waals surface area contributed by atoms with E-state index in [4.69, 9.17) is 5.11 Å². The Labute approximate surface area is 119 Å². The smallest absolute Gasteiger partial charge is 0.345 e. The van der Waals surface area contributed by atoms with Crippen LogP contribution < -0.4 is 4.31 Å². The molecule has 0 aliphatic rings. The number of benzene rings is 1. The van der Waals surface area contributed by atoms with E-state index in [9.17, 15) is 18.3 Å². The van der Waals surface area contributed by atoms with Gasteiger partial charge in [0.05, 0.1) is 10.6 Å². The average molecular weight is 313 g/mol. The third kappa shape index (κ3) is 2.61. The molecule has 1 aromatic carbocycles. The van der Waals surface area contributed by atoms with Gasteiger partial charge >= 0.3 is 5.97 Å². The SMILES string of the molecule is CN(c1ccc(O)cc1)S(=O)(=O)c1csc(C(=O)O)c1. The summed E-state index contributed by atoms with van der Waals surface area (Å²) >= 11 is 0.854. The molecule has 0 aliphatic heterocycles. The molecule has 8 heteroatoms. The fraction of sp³-hybridized carbons (Fsp3) is 0.0833. The number of aromatic hydroxyl groups is 1. The van der Waals surface area contributed by atoms with Gasteiger partial charge in [-0.2, -0.15) is 0 Å². The molecule has 0 fully saturated rings. The predicted octanol–water partition coefficient (Wildman–Crippen LogP) is 1.98. The van der Waals surface area contributed by atoms with E-state index in [-0.39, 0.29) is 15.5 Å². The Balaban J connectivity index is 2.38. The second kappa shape index (κ2) is 5.14. The van der Waals surface area contributed by atoms with Crippen molar-refractivity contribution in [2.75, 3.05) is 11.4 Å². The maximum atomic E-state index is 12.3. The van der Waals surface area contributed by atoms with Crippen molar-refractivity contribution in [2.24, 2.45) is 0 Å². The van der Waals surface area contributed by atoms with Gasteiger partial charge in [0.1, 0.15) is 10.6 Å². The van der Waals surface area contributed by atoms with Crippen LogP contribution in [0, 0.1) is 0 Å². The number of thiophene rings is 1. The van der Waals surface area contributed by atoms with Gasteiger partial charge in [0.2, 0.25) is 0 Å². The summed E-state index contributed by atoms with van der Waals surface area (Å²) < 4.78 is 25.7. The normalized spacial score (nSPS) is 11.2. The summed E-state index contributed by atoms with van der Waals surface area (Å²) in [4.78, 5) is 10.7. The van der Waals surface area contributed by atoms with Crippen molar-refractivity contribution in [2.45, 2.75) is 4.90 Å². The Kier molecular flexibility index (Phi) is 3.69. The van der Waals surface area contributed by atoms with Crippen LogP contribution >= 0.6 is 11.3 Å². The summed E-state index contributed by atoms with van der Waals surface area (Å²) in [6.45, 7) is 0. The minimum absolute atomic E-state index is 0.0308. The van der Waals surface area contributed by atoms with E-state index in [1.807, 2.05) is 0 Å². The van der Waals surface area contributed by atoms with Crippen LogP contribution in [0.25, 0.3) is 0 Å². The summed E-state index contributed by atoms with van der Waals surface area (Å²) in [6.07, 6.45) is 0. The highest BCUT2D eigenvalue weighted by Gasteiger charge is 2.24. The minimum Gasteiger partial charge on any atom is -0.508 e. The van der Waals surface area contributed by atoms with Crippen LogP contribution in [-0.4, -0.2) is 31.6 Å². The molecular weight excluding hydrogens is 302 g/mol. The molecule has 0 saturated heterocycles. The number of carboxylic acid groups (broad SMARTS) is 1. The molecule has 1 aromatic heterocycles. The topological polar surface area (TPSA) is 94.9 Å². The van der Waals surface area contributed by atoms with Crippen LogP contribution in [0.2, 0.25) is 0 Å². The highest BCUT2D eigenvalue weighted by molar-refractivity contribution is 7.93. The standard InChI is InChI=1S/C12H11NO5S2/c1-13(8-2-4-9(14)5-3-8)20(17,18)10-6-11(12(15)16)19-7-10/h2-7,14H,1H3,(H,15,16). The Morgan fingerprint density at radius 1 is 1.25 bits per heavy atom. The molecule has 106 valence electrons. The first-order valence-corrected chi connectivity index (χ1v) is 7.74. The fourth-order valence-electron chi connectivity index (χ4n) is 1.53. The first-order chi connectivity index (χ1) is 9.32. The molecule has 0 amide bonds. The van der Waals surface area contributed by atoms with Gasteiger partial charge in [0.15, 0.2) is 0 Å². The molecule has 6 nitrogen and oxygen atoms in total. The van der Waals surface area contributed by atoms with Crippen LogP contribution in [0.5, 0.6) is 5.75 Å². The van der Waals surface area contributed by atoms with Crippen molar-refractivity contribution in [1.29, 1.82) is 0 Å². The lowest BCUT2D eigenvalue weighted by Crippen LogP contribution is -2.26. The third-order valence-corrected chi connectivity index (χ3v) is 5.49. The lowest BCUT2D eigenvalue weighted by atomic mass is 10.3. The number of hydrogen-bond acceptors (Lipinski definition) is 5. The molecule has 1 heterocycles. The number of nitrogens with zero attached hydrogens (tertiary/aromatic N) is 1. The third-order valence-electron chi connectivity index (χ3n) is 2.66. The number of phenolic OH excluding ortho intramolecular Hbond substituents is 1. The number of anilines is 1. The second-order valence-electron chi connectivity index (χ2n) is 3.94. The van der Waals surface area contributed by atoms with E-state index in [0.29, 0.717) is 5.69 Å². The maximum Gasteiger partial charge on any atom is 0.345 e. The van der Waals surface area contributed by atoms with Gasteiger partial charge < -0.3 is 10.2 Å². The second-order valence-corrected chi connectivity index (χ2v) is 6.82. The summed E-state index contributed by atoms with van der Waals surface area (Å²) in [5.74, 6) is -1.13. The van der Waals surface area contributed by atoms with Crippen molar-refractivity contribution in [3.63, 3.8) is 0 Å². The molecule has 0 unspecified atom stereocenters. The molecule has 2 N–H and O–H groups in total. The zero-order valence-electron chi connectivity index (χ0n) is 10.3. The molecule has 2 aromatic rings. The van der Waals surface area contributed by atoms with Crippen LogP contribution in [0.1, 0.15) is 9.67 Å². The first kappa shape index (κ1) is 14.4. The minimum atomic E-state index is -3.82. The maximum absolute atomic E-state index is 12.3. The van der Waals surface area contributed by atoms with Gasteiger partial charge in [0.25, 0.3) is 10.0 Å². The molecule has 0 radical (unpaired) electrons. The van der Waals surface area contributed by atoms with Gasteiger partial charge in [-0.1, -0.05) is 0 Å². The Hall–Kier alpha value is -2.06. The highest BCUT2D eigenvalue weighted by atomic mass is 32.2. The van der Waals surface area contributed by atoms with Crippen LogP contribution in [0.4, 0.5) is 5.69 Å². The van der Waals surface area contributed by atoms with Crippen molar-refractivity contribution in [3.8, 4) is 5.75 Å². The fourth-order valence-corrected chi connectivity index (χ4v) is 3.82. The van der Waals surface area contributed by atoms with E-state index in [1.54, 1.807) is 0 Å². The van der Waals surface area contributed by atoms with E-state index in [2.05, 4.69) is 0 Å². The van der Waals surface area contributed by atoms with Gasteiger partial charge in [-0.05, 0) is 30.3 Å². The molecule has 0 atom stereocenters. The van der Waals surface area contributed by atoms with Gasteiger partial charge in [0, 0.05) is 12.4 Å². The van der Waals surface area contributed by atoms with E-state index in [1.165, 1.54) is 36.7 Å². The Morgan fingerprint density at radius 2 is 1.85 bits per heavy atom. The van der Waals surface area contributed by atoms with E-state index >= 15 is 0 Å². The highest BCUT2D eigenvalue weighted by Crippen LogP contribution is 2.26. The van der Waals surface area contributed by atoms with Gasteiger partial charge in [-0.25, -0.2) is 13.2 Å². The van der Waals surface area contributed by atoms with E-state index in [0.717, 1.165) is 21.7 Å². The summed E-state index contributed by atoms with van der Waals surface area (Å²) in [6, 6.07) is 6.78. The van der Waals surface area contributed by atoms with Gasteiger partial charge in [-0.15, -0.1) is 11.3 Å². The van der Waals surface area contributed by atoms with E-state index < -0.39 is 16.0 Å². The predicted molar refractivity (Wildman–Crippen MR) is 75.0 cm³/mol. The van der Waals surface area contributed by atoms with Crippen LogP contribution in [-0.2, 0) is 10.0 Å². The lowest BCUT2D eigenvalue weighted by molar-refractivity contribution is 0.0702. The summed E-state index contributed by atoms with van der Waals surface area (Å²) in [7, 11) is -2.46. The molecule has 2 rings (SSSR count). The average Bonchev–Trinajstić information content (AvgIpc) is 2.89. The van der Waals surface area contributed by atoms with Crippen molar-refractivity contribution in [1.82, 2.24) is 0 Å². The first-order valence-electron chi connectivity index (χ1n) is 5.42. The zero-order chi connectivity index (χ0) is 14.9. The lowest BCUT2D eigenvalue weighted by Gasteiger charge is -2.18. The number of phenols is 1. The van der Waals surface area contributed by atoms with Crippen LogP contribution in [0.3, 0.4) is 0 Å². The molecular formula is C12H11NO5S2. The zero-order valence-corrected chi connectivity index (χ0v) is 12.0. The van der Waals surface area contributed by atoms with Crippen LogP contribution in [0.15, 0.2) is 40.6 Å². The molecule has 0 bridgehead atoms. The number of rotatable bonds is 4. The number of carbonyl (C=O) groups is 1. The Bertz CT molecular complexity index is 733. The van der Waals surface area contributed by atoms with Gasteiger partial charge in [-0.3, -0.25) is 4.31 Å². The molecule has 0 spiro atoms. The molecule has 20 heavy (non-hydrogen) atoms. The Morgan fingerprint density at radius 3 is 2.35 bits per heavy atom. The van der Waals surface area contributed by atoms with Crippen molar-refractivity contribution >= 4 is 33.0 Å². The number of carboxylic acids is 1. The number of sulfonamides is 1. The monoisotopic (exact) mass is 313 g/mol. The molecule has 0 aliphatic carbocycles. The number of aromatic carboxylic acids is 1. The van der Waals surface area contributed by atoms with Crippen molar-refractivity contribution in [3.05, 3.63) is 40.6 Å². The summed E-state index contributed by atoms with van der Waals surface area (Å²) in [5, 5.41) is 19.3. The quantitative estimate of drug-likeness (QED) is 0.900. The summed E-state index contributed by atoms with van der Waals surface area (Å²) in [5.41, 5.74) is 0.367. The van der Waals surface area contributed by atoms with Crippen molar-refractivity contribution < 1.29 is 23.4 Å². The largest absolute Gasteiger partial charge is 0.508 e. The molecule has 0 saturated carbocycles. The number of hydrogen-bond donors (Lipinski definition) is 2.